The van der Waals surface area contributed by atoms with Crippen LogP contribution < -0.4 is 5.32 Å². The number of fused-ring (bicyclic) bond motifs is 5. The number of benzene rings is 1. The van der Waals surface area contributed by atoms with E-state index in [4.69, 9.17) is 5.11 Å². The van der Waals surface area contributed by atoms with Gasteiger partial charge in [-0.15, -0.1) is 0 Å². The van der Waals surface area contributed by atoms with Crippen LogP contribution in [0.15, 0.2) is 30.5 Å². The maximum absolute atomic E-state index is 12.2. The topological polar surface area (TPSA) is 117 Å². The van der Waals surface area contributed by atoms with Crippen molar-refractivity contribution in [2.45, 2.75) is 25.4 Å². The first-order chi connectivity index (χ1) is 13.3. The fourth-order valence-corrected chi connectivity index (χ4v) is 4.62. The standard InChI is InChI=1S/C18H21N5O4S/c1-28(26,27)22-10-12(5-4-8-19-18(24)25)23-16(11-22)21-15-9-20-14-7-3-2-6-13(14)17(15)23/h2-3,6-7,9,12,19H,4-5,8,10-11H2,1H3,(H,24,25)/t12-/m0/s1. The Morgan fingerprint density at radius 1 is 1.32 bits per heavy atom. The first-order valence-electron chi connectivity index (χ1n) is 9.01. The molecule has 0 saturated heterocycles. The number of sulfonamides is 1. The lowest BCUT2D eigenvalue weighted by atomic mass is 10.1. The highest BCUT2D eigenvalue weighted by Crippen LogP contribution is 2.33. The third-order valence-electron chi connectivity index (χ3n) is 5.05. The van der Waals surface area contributed by atoms with Gasteiger partial charge in [-0.1, -0.05) is 18.2 Å². The number of nitrogens with one attached hydrogen (secondary N) is 1. The van der Waals surface area contributed by atoms with Crippen LogP contribution in [-0.2, 0) is 16.6 Å². The van der Waals surface area contributed by atoms with Gasteiger partial charge >= 0.3 is 6.09 Å². The van der Waals surface area contributed by atoms with Gasteiger partial charge in [-0.2, -0.15) is 4.31 Å². The number of hydrogen-bond acceptors (Lipinski definition) is 5. The lowest BCUT2D eigenvalue weighted by molar-refractivity contribution is 0.193. The van der Waals surface area contributed by atoms with E-state index in [2.05, 4.69) is 19.9 Å². The van der Waals surface area contributed by atoms with Gasteiger partial charge in [-0.05, 0) is 18.9 Å². The van der Waals surface area contributed by atoms with Crippen LogP contribution in [-0.4, -0.2) is 57.8 Å². The number of rotatable bonds is 5. The number of imidazole rings is 1. The Morgan fingerprint density at radius 2 is 2.11 bits per heavy atom. The Balaban J connectivity index is 1.79. The number of nitrogens with zero attached hydrogens (tertiary/aromatic N) is 4. The van der Waals surface area contributed by atoms with Gasteiger partial charge in [0, 0.05) is 24.5 Å². The molecule has 10 heteroatoms. The molecule has 3 aromatic rings. The van der Waals surface area contributed by atoms with Crippen LogP contribution >= 0.6 is 0 Å². The van der Waals surface area contributed by atoms with E-state index in [0.29, 0.717) is 31.8 Å². The molecule has 4 rings (SSSR count). The van der Waals surface area contributed by atoms with Crippen molar-refractivity contribution in [3.05, 3.63) is 36.3 Å². The summed E-state index contributed by atoms with van der Waals surface area (Å²) in [5.74, 6) is 0.682. The largest absolute Gasteiger partial charge is 0.465 e. The molecule has 1 amide bonds. The summed E-state index contributed by atoms with van der Waals surface area (Å²) in [6.45, 7) is 0.863. The normalized spacial score (nSPS) is 17.7. The average Bonchev–Trinajstić information content (AvgIpc) is 3.03. The Kier molecular flexibility index (Phi) is 4.68. The van der Waals surface area contributed by atoms with E-state index in [1.165, 1.54) is 10.6 Å². The van der Waals surface area contributed by atoms with Crippen molar-refractivity contribution in [3.8, 4) is 0 Å². The Hall–Kier alpha value is -2.72. The minimum Gasteiger partial charge on any atom is -0.465 e. The van der Waals surface area contributed by atoms with E-state index in [1.54, 1.807) is 6.20 Å². The van der Waals surface area contributed by atoms with Crippen molar-refractivity contribution in [2.24, 2.45) is 0 Å². The maximum Gasteiger partial charge on any atom is 0.404 e. The van der Waals surface area contributed by atoms with Crippen LogP contribution in [0.3, 0.4) is 0 Å². The zero-order valence-electron chi connectivity index (χ0n) is 15.4. The summed E-state index contributed by atoms with van der Waals surface area (Å²) in [5, 5.41) is 12.1. The number of pyridine rings is 1. The summed E-state index contributed by atoms with van der Waals surface area (Å²) in [7, 11) is -3.37. The first-order valence-corrected chi connectivity index (χ1v) is 10.9. The highest BCUT2D eigenvalue weighted by atomic mass is 32.2. The second kappa shape index (κ2) is 7.02. The molecule has 0 unspecified atom stereocenters. The lowest BCUT2D eigenvalue weighted by Gasteiger charge is -2.33. The second-order valence-electron chi connectivity index (χ2n) is 6.99. The maximum atomic E-state index is 12.2. The number of hydrogen-bond donors (Lipinski definition) is 2. The van der Waals surface area contributed by atoms with E-state index in [-0.39, 0.29) is 12.6 Å². The number of carboxylic acid groups (broad SMARTS) is 1. The van der Waals surface area contributed by atoms with Crippen molar-refractivity contribution < 1.29 is 18.3 Å². The molecule has 0 aliphatic carbocycles. The third-order valence-corrected chi connectivity index (χ3v) is 6.27. The molecule has 2 N–H and O–H groups in total. The smallest absolute Gasteiger partial charge is 0.404 e. The molecule has 1 aromatic carbocycles. The van der Waals surface area contributed by atoms with Crippen LogP contribution in [0.1, 0.15) is 24.7 Å². The molecule has 2 aromatic heterocycles. The molecule has 0 bridgehead atoms. The van der Waals surface area contributed by atoms with E-state index in [1.807, 2.05) is 24.3 Å². The summed E-state index contributed by atoms with van der Waals surface area (Å²) < 4.78 is 27.9. The highest BCUT2D eigenvalue weighted by molar-refractivity contribution is 7.88. The second-order valence-corrected chi connectivity index (χ2v) is 8.97. The molecule has 9 nitrogen and oxygen atoms in total. The zero-order chi connectivity index (χ0) is 19.9. The van der Waals surface area contributed by atoms with Gasteiger partial charge in [0.15, 0.2) is 0 Å². The fourth-order valence-electron chi connectivity index (χ4n) is 3.82. The zero-order valence-corrected chi connectivity index (χ0v) is 16.2. The van der Waals surface area contributed by atoms with Crippen LogP contribution in [0.25, 0.3) is 21.9 Å². The Bertz CT molecular complexity index is 1160. The summed E-state index contributed by atoms with van der Waals surface area (Å²) >= 11 is 0. The first kappa shape index (κ1) is 18.6. The molecule has 1 aliphatic heterocycles. The minimum absolute atomic E-state index is 0.134. The van der Waals surface area contributed by atoms with Gasteiger partial charge in [0.1, 0.15) is 11.3 Å². The molecule has 28 heavy (non-hydrogen) atoms. The van der Waals surface area contributed by atoms with Crippen molar-refractivity contribution in [2.75, 3.05) is 19.3 Å². The van der Waals surface area contributed by atoms with Crippen molar-refractivity contribution in [3.63, 3.8) is 0 Å². The average molecular weight is 403 g/mol. The highest BCUT2D eigenvalue weighted by Gasteiger charge is 2.32. The molecular weight excluding hydrogens is 382 g/mol. The van der Waals surface area contributed by atoms with Gasteiger partial charge in [0.05, 0.1) is 30.0 Å². The molecular formula is C18H21N5O4S. The summed E-state index contributed by atoms with van der Waals surface area (Å²) in [4.78, 5) is 19.8. The van der Waals surface area contributed by atoms with Crippen LogP contribution in [0.2, 0.25) is 0 Å². The number of amides is 1. The molecule has 1 atom stereocenters. The molecule has 148 valence electrons. The minimum atomic E-state index is -3.37. The molecule has 0 saturated carbocycles. The van der Waals surface area contributed by atoms with Crippen LogP contribution in [0, 0.1) is 0 Å². The molecule has 1 aliphatic rings. The number of para-hydroxylation sites is 1. The van der Waals surface area contributed by atoms with Crippen LogP contribution in [0.4, 0.5) is 4.79 Å². The molecule has 0 fully saturated rings. The van der Waals surface area contributed by atoms with Gasteiger partial charge < -0.3 is 15.0 Å². The summed E-state index contributed by atoms with van der Waals surface area (Å²) in [6.07, 6.45) is 3.08. The summed E-state index contributed by atoms with van der Waals surface area (Å²) in [5.41, 5.74) is 2.54. The van der Waals surface area contributed by atoms with Gasteiger partial charge in [0.2, 0.25) is 10.0 Å². The van der Waals surface area contributed by atoms with Gasteiger partial charge in [0.25, 0.3) is 0 Å². The molecule has 0 radical (unpaired) electrons. The summed E-state index contributed by atoms with van der Waals surface area (Å²) in [6, 6.07) is 7.66. The quantitative estimate of drug-likeness (QED) is 0.629. The third kappa shape index (κ3) is 3.40. The monoisotopic (exact) mass is 403 g/mol. The predicted octanol–water partition coefficient (Wildman–Crippen LogP) is 1.95. The van der Waals surface area contributed by atoms with E-state index in [0.717, 1.165) is 21.9 Å². The van der Waals surface area contributed by atoms with Gasteiger partial charge in [-0.25, -0.2) is 18.2 Å². The molecule has 3 heterocycles. The van der Waals surface area contributed by atoms with Crippen molar-refractivity contribution in [1.29, 1.82) is 0 Å². The van der Waals surface area contributed by atoms with E-state index < -0.39 is 16.1 Å². The molecule has 0 spiro atoms. The SMILES string of the molecule is CS(=O)(=O)N1Cc2nc3cnc4ccccc4c3n2[C@@H](CCCNC(=O)O)C1. The predicted molar refractivity (Wildman–Crippen MR) is 105 cm³/mol. The number of carbonyl (C=O) groups is 1. The Morgan fingerprint density at radius 3 is 2.86 bits per heavy atom. The van der Waals surface area contributed by atoms with Gasteiger partial charge in [-0.3, -0.25) is 4.98 Å². The Labute approximate surface area is 162 Å². The van der Waals surface area contributed by atoms with E-state index in [9.17, 15) is 13.2 Å². The van der Waals surface area contributed by atoms with E-state index >= 15 is 0 Å². The fraction of sp³-hybridized carbons (Fsp3) is 0.389. The number of aromatic nitrogens is 3. The van der Waals surface area contributed by atoms with Crippen LogP contribution in [0.5, 0.6) is 0 Å². The van der Waals surface area contributed by atoms with Crippen molar-refractivity contribution >= 4 is 38.1 Å². The lowest BCUT2D eigenvalue weighted by Crippen LogP contribution is -2.40. The van der Waals surface area contributed by atoms with Crippen molar-refractivity contribution in [1.82, 2.24) is 24.2 Å².